The number of benzene rings is 2. The number of nitrogens with one attached hydrogen (secondary N) is 1. The zero-order valence-electron chi connectivity index (χ0n) is 20.9. The summed E-state index contributed by atoms with van der Waals surface area (Å²) in [5.41, 5.74) is -0.147. The summed E-state index contributed by atoms with van der Waals surface area (Å²) in [7, 11) is -0.455. The van der Waals surface area contributed by atoms with Crippen molar-refractivity contribution in [2.24, 2.45) is 14.1 Å². The van der Waals surface area contributed by atoms with Crippen molar-refractivity contribution < 1.29 is 13.2 Å². The van der Waals surface area contributed by atoms with Crippen molar-refractivity contribution >= 4 is 33.9 Å². The predicted molar refractivity (Wildman–Crippen MR) is 147 cm³/mol. The van der Waals surface area contributed by atoms with Gasteiger partial charge in [-0.25, -0.2) is 13.2 Å². The third-order valence-electron chi connectivity index (χ3n) is 6.24. The second kappa shape index (κ2) is 12.3. The fraction of sp³-hybridized carbons (Fsp3) is 0.360. The first-order chi connectivity index (χ1) is 17.2. The molecule has 0 aliphatic carbocycles. The molecular formula is C25H32ClN5O5S. The molecular weight excluding hydrogens is 518 g/mol. The lowest BCUT2D eigenvalue weighted by Crippen LogP contribution is -2.49. The van der Waals surface area contributed by atoms with Crippen LogP contribution in [-0.4, -0.2) is 61.8 Å². The van der Waals surface area contributed by atoms with Crippen LogP contribution < -0.4 is 25.6 Å². The number of ether oxygens (including phenoxy) is 1. The predicted octanol–water partition coefficient (Wildman–Crippen LogP) is 1.90. The number of halogens is 1. The fourth-order valence-corrected chi connectivity index (χ4v) is 5.22. The van der Waals surface area contributed by atoms with E-state index in [2.05, 4.69) is 14.5 Å². The van der Waals surface area contributed by atoms with Crippen LogP contribution in [0.5, 0.6) is 5.75 Å². The summed E-state index contributed by atoms with van der Waals surface area (Å²) in [6, 6.07) is 16.6. The van der Waals surface area contributed by atoms with Crippen molar-refractivity contribution in [2.45, 2.75) is 11.3 Å². The van der Waals surface area contributed by atoms with E-state index >= 15 is 0 Å². The number of piperazine rings is 1. The zero-order chi connectivity index (χ0) is 25.7. The Bertz CT molecular complexity index is 1400. The van der Waals surface area contributed by atoms with Crippen molar-refractivity contribution in [1.82, 2.24) is 14.0 Å². The van der Waals surface area contributed by atoms with Crippen LogP contribution >= 0.6 is 12.4 Å². The maximum absolute atomic E-state index is 12.4. The van der Waals surface area contributed by atoms with E-state index in [1.165, 1.54) is 17.7 Å². The first-order valence-corrected chi connectivity index (χ1v) is 13.3. The van der Waals surface area contributed by atoms with Crippen LogP contribution in [0.4, 0.5) is 11.5 Å². The Kier molecular flexibility index (Phi) is 9.41. The van der Waals surface area contributed by atoms with E-state index in [1.54, 1.807) is 61.6 Å². The molecule has 1 aromatic heterocycles. The lowest BCUT2D eigenvalue weighted by atomic mass is 10.3. The summed E-state index contributed by atoms with van der Waals surface area (Å²) in [5.74, 6) is 1.33. The largest absolute Gasteiger partial charge is 0.494 e. The molecule has 12 heteroatoms. The molecule has 3 aromatic rings. The Morgan fingerprint density at radius 3 is 2.19 bits per heavy atom. The SMILES string of the molecule is Cl.Cn1c(N2CCN(CCCOc3ccc(NS(=O)(=O)c4ccccc4)cc3)CC2)cc(=O)n(C)c1=O. The average Bonchev–Trinajstić information content (AvgIpc) is 2.89. The van der Waals surface area contributed by atoms with E-state index in [1.807, 2.05) is 0 Å². The van der Waals surface area contributed by atoms with Crippen molar-refractivity contribution in [2.75, 3.05) is 49.0 Å². The van der Waals surface area contributed by atoms with Gasteiger partial charge in [-0.1, -0.05) is 18.2 Å². The highest BCUT2D eigenvalue weighted by Crippen LogP contribution is 2.20. The number of sulfonamides is 1. The molecule has 1 saturated heterocycles. The van der Waals surface area contributed by atoms with Gasteiger partial charge in [0.25, 0.3) is 15.6 Å². The van der Waals surface area contributed by atoms with E-state index in [0.717, 1.165) is 43.7 Å². The molecule has 0 saturated carbocycles. The molecule has 10 nitrogen and oxygen atoms in total. The Hall–Kier alpha value is -3.28. The van der Waals surface area contributed by atoms with Crippen molar-refractivity contribution in [1.29, 1.82) is 0 Å². The van der Waals surface area contributed by atoms with Crippen LogP contribution in [0.25, 0.3) is 0 Å². The maximum atomic E-state index is 12.4. The van der Waals surface area contributed by atoms with Crippen LogP contribution in [0.3, 0.4) is 0 Å². The molecule has 0 amide bonds. The first kappa shape index (κ1) is 28.3. The molecule has 0 bridgehead atoms. The lowest BCUT2D eigenvalue weighted by Gasteiger charge is -2.36. The van der Waals surface area contributed by atoms with Gasteiger partial charge in [0.2, 0.25) is 0 Å². The quantitative estimate of drug-likeness (QED) is 0.406. The monoisotopic (exact) mass is 549 g/mol. The first-order valence-electron chi connectivity index (χ1n) is 11.8. The number of anilines is 2. The molecule has 1 N–H and O–H groups in total. The van der Waals surface area contributed by atoms with E-state index in [4.69, 9.17) is 4.74 Å². The molecule has 0 unspecified atom stereocenters. The molecule has 200 valence electrons. The van der Waals surface area contributed by atoms with Gasteiger partial charge in [0.15, 0.2) is 0 Å². The summed E-state index contributed by atoms with van der Waals surface area (Å²) in [6.07, 6.45) is 0.840. The number of hydrogen-bond donors (Lipinski definition) is 1. The van der Waals surface area contributed by atoms with Crippen LogP contribution in [0.15, 0.2) is 75.1 Å². The molecule has 2 aromatic carbocycles. The smallest absolute Gasteiger partial charge is 0.332 e. The number of rotatable bonds is 9. The van der Waals surface area contributed by atoms with Gasteiger partial charge >= 0.3 is 5.69 Å². The van der Waals surface area contributed by atoms with Gasteiger partial charge in [-0.15, -0.1) is 12.4 Å². The second-order valence-corrected chi connectivity index (χ2v) is 10.4. The summed E-state index contributed by atoms with van der Waals surface area (Å²) >= 11 is 0. The highest BCUT2D eigenvalue weighted by Gasteiger charge is 2.20. The summed E-state index contributed by atoms with van der Waals surface area (Å²) in [4.78, 5) is 28.8. The van der Waals surface area contributed by atoms with Crippen molar-refractivity contribution in [3.63, 3.8) is 0 Å². The van der Waals surface area contributed by atoms with Crippen LogP contribution in [0.1, 0.15) is 6.42 Å². The fourth-order valence-electron chi connectivity index (χ4n) is 4.14. The number of hydrogen-bond acceptors (Lipinski definition) is 7. The van der Waals surface area contributed by atoms with Crippen LogP contribution in [-0.2, 0) is 24.1 Å². The Morgan fingerprint density at radius 1 is 0.892 bits per heavy atom. The van der Waals surface area contributed by atoms with Gasteiger partial charge in [0.1, 0.15) is 11.6 Å². The van der Waals surface area contributed by atoms with Gasteiger partial charge in [0.05, 0.1) is 11.5 Å². The van der Waals surface area contributed by atoms with E-state index in [-0.39, 0.29) is 28.6 Å². The summed E-state index contributed by atoms with van der Waals surface area (Å²) in [6.45, 7) is 4.55. The van der Waals surface area contributed by atoms with Gasteiger partial charge < -0.3 is 9.64 Å². The minimum Gasteiger partial charge on any atom is -0.494 e. The maximum Gasteiger partial charge on any atom is 0.332 e. The highest BCUT2D eigenvalue weighted by molar-refractivity contribution is 7.92. The topological polar surface area (TPSA) is 106 Å². The van der Waals surface area contributed by atoms with Gasteiger partial charge in [-0.05, 0) is 42.8 Å². The lowest BCUT2D eigenvalue weighted by molar-refractivity contribution is 0.224. The molecule has 0 radical (unpaired) electrons. The number of aromatic nitrogens is 2. The van der Waals surface area contributed by atoms with Crippen LogP contribution in [0.2, 0.25) is 0 Å². The van der Waals surface area contributed by atoms with Gasteiger partial charge in [-0.3, -0.25) is 23.6 Å². The highest BCUT2D eigenvalue weighted by atomic mass is 35.5. The molecule has 0 atom stereocenters. The third kappa shape index (κ3) is 6.94. The van der Waals surface area contributed by atoms with E-state index in [0.29, 0.717) is 23.9 Å². The summed E-state index contributed by atoms with van der Waals surface area (Å²) in [5, 5.41) is 0. The van der Waals surface area contributed by atoms with Crippen LogP contribution in [0, 0.1) is 0 Å². The molecule has 1 aliphatic heterocycles. The molecule has 2 heterocycles. The zero-order valence-corrected chi connectivity index (χ0v) is 22.5. The standard InChI is InChI=1S/C25H31N5O5S.ClH/c1-27-23(19-24(31)28(2)25(27)32)30-16-14-29(15-17-30)13-6-18-35-21-11-9-20(10-12-21)26-36(33,34)22-7-4-3-5-8-22;/h3-5,7-12,19,26H,6,13-18H2,1-2H3;1H. The Morgan fingerprint density at radius 2 is 1.54 bits per heavy atom. The second-order valence-electron chi connectivity index (χ2n) is 8.72. The molecule has 37 heavy (non-hydrogen) atoms. The van der Waals surface area contributed by atoms with Gasteiger partial charge in [-0.2, -0.15) is 0 Å². The average molecular weight is 550 g/mol. The third-order valence-corrected chi connectivity index (χ3v) is 7.64. The molecule has 1 aliphatic rings. The van der Waals surface area contributed by atoms with Gasteiger partial charge in [0, 0.05) is 58.6 Å². The molecule has 4 rings (SSSR count). The minimum atomic E-state index is -3.62. The molecule has 1 fully saturated rings. The Balaban J connectivity index is 0.00000380. The number of nitrogens with zero attached hydrogens (tertiary/aromatic N) is 4. The summed E-state index contributed by atoms with van der Waals surface area (Å²) < 4.78 is 35.9. The minimum absolute atomic E-state index is 0. The van der Waals surface area contributed by atoms with Crippen molar-refractivity contribution in [3.8, 4) is 5.75 Å². The molecule has 0 spiro atoms. The van der Waals surface area contributed by atoms with E-state index < -0.39 is 10.0 Å². The Labute approximate surface area is 222 Å². The van der Waals surface area contributed by atoms with Crippen molar-refractivity contribution in [3.05, 3.63) is 81.5 Å². The van der Waals surface area contributed by atoms with E-state index in [9.17, 15) is 18.0 Å². The normalized spacial score (nSPS) is 14.2.